The highest BCUT2D eigenvalue weighted by Crippen LogP contribution is 2.33. The van der Waals surface area contributed by atoms with E-state index in [1.165, 1.54) is 6.07 Å². The van der Waals surface area contributed by atoms with Gasteiger partial charge in [-0.05, 0) is 42.3 Å². The van der Waals surface area contributed by atoms with Crippen molar-refractivity contribution in [3.8, 4) is 11.8 Å². The fraction of sp³-hybridized carbons (Fsp3) is 0.238. The summed E-state index contributed by atoms with van der Waals surface area (Å²) in [6.07, 6.45) is 0.326. The molecule has 8 nitrogen and oxygen atoms in total. The summed E-state index contributed by atoms with van der Waals surface area (Å²) in [7, 11) is 1.54. The number of urea groups is 1. The quantitative estimate of drug-likeness (QED) is 0.733. The van der Waals surface area contributed by atoms with E-state index in [4.69, 9.17) is 10.00 Å². The standard InChI is InChI=1S/C21H20N4O4/c1-3-21(15-7-9-17(29-2)10-8-15)19(27)25(20(28)24-21)13-18(26)23-16-6-4-5-14(11-16)12-22/h4-11H,3,13H2,1-2H3,(H,23,26)(H,24,28)/t21-/m1/s1. The van der Waals surface area contributed by atoms with Crippen LogP contribution in [0, 0.1) is 11.3 Å². The van der Waals surface area contributed by atoms with E-state index in [9.17, 15) is 14.4 Å². The number of anilines is 1. The third-order valence-corrected chi connectivity index (χ3v) is 4.87. The normalized spacial score (nSPS) is 18.2. The molecule has 4 amide bonds. The van der Waals surface area contributed by atoms with Crippen LogP contribution in [0.1, 0.15) is 24.5 Å². The van der Waals surface area contributed by atoms with E-state index >= 15 is 0 Å². The van der Waals surface area contributed by atoms with E-state index in [1.807, 2.05) is 6.07 Å². The fourth-order valence-corrected chi connectivity index (χ4v) is 3.30. The van der Waals surface area contributed by atoms with Crippen LogP contribution in [-0.4, -0.2) is 36.4 Å². The number of amides is 4. The average Bonchev–Trinajstić information content (AvgIpc) is 2.99. The Balaban J connectivity index is 1.78. The second-order valence-corrected chi connectivity index (χ2v) is 6.55. The summed E-state index contributed by atoms with van der Waals surface area (Å²) in [5, 5.41) is 14.3. The first-order valence-electron chi connectivity index (χ1n) is 9.02. The minimum Gasteiger partial charge on any atom is -0.497 e. The lowest BCUT2D eigenvalue weighted by Gasteiger charge is -2.26. The van der Waals surface area contributed by atoms with Gasteiger partial charge in [0.15, 0.2) is 0 Å². The molecule has 0 radical (unpaired) electrons. The van der Waals surface area contributed by atoms with Crippen LogP contribution >= 0.6 is 0 Å². The number of hydrogen-bond acceptors (Lipinski definition) is 5. The zero-order chi connectivity index (χ0) is 21.0. The molecule has 3 rings (SSSR count). The molecule has 0 aromatic heterocycles. The Kier molecular flexibility index (Phi) is 5.50. The smallest absolute Gasteiger partial charge is 0.325 e. The van der Waals surface area contributed by atoms with Crippen molar-refractivity contribution in [2.45, 2.75) is 18.9 Å². The molecule has 29 heavy (non-hydrogen) atoms. The maximum absolute atomic E-state index is 13.1. The van der Waals surface area contributed by atoms with Gasteiger partial charge in [0.05, 0.1) is 18.7 Å². The fourth-order valence-electron chi connectivity index (χ4n) is 3.30. The highest BCUT2D eigenvalue weighted by atomic mass is 16.5. The van der Waals surface area contributed by atoms with Crippen LogP contribution < -0.4 is 15.4 Å². The van der Waals surface area contributed by atoms with Crippen LogP contribution in [0.3, 0.4) is 0 Å². The molecule has 148 valence electrons. The SMILES string of the molecule is CC[C@]1(c2ccc(OC)cc2)NC(=O)N(CC(=O)Nc2cccc(C#N)c2)C1=O. The van der Waals surface area contributed by atoms with Crippen LogP contribution in [0.25, 0.3) is 0 Å². The van der Waals surface area contributed by atoms with E-state index in [0.717, 1.165) is 4.90 Å². The molecule has 8 heteroatoms. The van der Waals surface area contributed by atoms with Crippen LogP contribution in [0.2, 0.25) is 0 Å². The van der Waals surface area contributed by atoms with Gasteiger partial charge in [-0.15, -0.1) is 0 Å². The summed E-state index contributed by atoms with van der Waals surface area (Å²) in [5.41, 5.74) is 0.189. The number of rotatable bonds is 6. The zero-order valence-electron chi connectivity index (χ0n) is 16.1. The van der Waals surface area contributed by atoms with Crippen LogP contribution in [0.15, 0.2) is 48.5 Å². The maximum Gasteiger partial charge on any atom is 0.325 e. The van der Waals surface area contributed by atoms with E-state index in [1.54, 1.807) is 56.5 Å². The third kappa shape index (κ3) is 3.75. The molecule has 0 bridgehead atoms. The van der Waals surface area contributed by atoms with Gasteiger partial charge in [-0.3, -0.25) is 14.5 Å². The van der Waals surface area contributed by atoms with Crippen molar-refractivity contribution in [2.24, 2.45) is 0 Å². The molecular weight excluding hydrogens is 372 g/mol. The van der Waals surface area contributed by atoms with Crippen molar-refractivity contribution >= 4 is 23.5 Å². The van der Waals surface area contributed by atoms with E-state index in [0.29, 0.717) is 29.0 Å². The van der Waals surface area contributed by atoms with Gasteiger partial charge in [0.2, 0.25) is 5.91 Å². The number of carbonyl (C=O) groups is 3. The minimum absolute atomic E-state index is 0.326. The van der Waals surface area contributed by atoms with Gasteiger partial charge in [0.1, 0.15) is 17.8 Å². The van der Waals surface area contributed by atoms with E-state index < -0.39 is 29.9 Å². The molecule has 1 atom stereocenters. The molecule has 1 saturated heterocycles. The van der Waals surface area contributed by atoms with Gasteiger partial charge in [-0.25, -0.2) is 4.79 Å². The molecule has 1 aliphatic rings. The lowest BCUT2D eigenvalue weighted by molar-refractivity contribution is -0.134. The molecule has 2 aromatic rings. The average molecular weight is 392 g/mol. The van der Waals surface area contributed by atoms with E-state index in [2.05, 4.69) is 10.6 Å². The topological polar surface area (TPSA) is 112 Å². The van der Waals surface area contributed by atoms with Crippen molar-refractivity contribution in [3.05, 3.63) is 59.7 Å². The summed E-state index contributed by atoms with van der Waals surface area (Å²) in [5.74, 6) is -0.395. The summed E-state index contributed by atoms with van der Waals surface area (Å²) in [6, 6.07) is 14.6. The monoisotopic (exact) mass is 392 g/mol. The minimum atomic E-state index is -1.23. The first-order valence-corrected chi connectivity index (χ1v) is 9.02. The molecule has 1 heterocycles. The number of nitriles is 1. The second-order valence-electron chi connectivity index (χ2n) is 6.55. The number of imide groups is 1. The van der Waals surface area contributed by atoms with Gasteiger partial charge >= 0.3 is 6.03 Å². The Bertz CT molecular complexity index is 996. The van der Waals surface area contributed by atoms with Gasteiger partial charge in [-0.1, -0.05) is 25.1 Å². The maximum atomic E-state index is 13.1. The Labute approximate surface area is 168 Å². The molecule has 0 spiro atoms. The predicted molar refractivity (Wildman–Crippen MR) is 105 cm³/mol. The highest BCUT2D eigenvalue weighted by molar-refractivity contribution is 6.10. The molecule has 0 unspecified atom stereocenters. The molecule has 2 N–H and O–H groups in total. The van der Waals surface area contributed by atoms with Crippen molar-refractivity contribution in [3.63, 3.8) is 0 Å². The number of carbonyl (C=O) groups excluding carboxylic acids is 3. The first-order chi connectivity index (χ1) is 13.9. The Morgan fingerprint density at radius 2 is 1.97 bits per heavy atom. The van der Waals surface area contributed by atoms with E-state index in [-0.39, 0.29) is 0 Å². The largest absolute Gasteiger partial charge is 0.497 e. The van der Waals surface area contributed by atoms with Crippen molar-refractivity contribution < 1.29 is 19.1 Å². The number of nitrogens with one attached hydrogen (secondary N) is 2. The van der Waals surface area contributed by atoms with Crippen LogP contribution in [-0.2, 0) is 15.1 Å². The summed E-state index contributed by atoms with van der Waals surface area (Å²) >= 11 is 0. The van der Waals surface area contributed by atoms with Crippen molar-refractivity contribution in [1.82, 2.24) is 10.2 Å². The molecule has 1 fully saturated rings. The summed E-state index contributed by atoms with van der Waals surface area (Å²) in [6.45, 7) is 1.36. The zero-order valence-corrected chi connectivity index (χ0v) is 16.1. The summed E-state index contributed by atoms with van der Waals surface area (Å²) in [4.78, 5) is 38.9. The number of benzene rings is 2. The number of hydrogen-bond donors (Lipinski definition) is 2. The van der Waals surface area contributed by atoms with Crippen LogP contribution in [0.5, 0.6) is 5.75 Å². The lowest BCUT2D eigenvalue weighted by Crippen LogP contribution is -2.44. The van der Waals surface area contributed by atoms with Gasteiger partial charge in [0, 0.05) is 5.69 Å². The van der Waals surface area contributed by atoms with Crippen molar-refractivity contribution in [2.75, 3.05) is 19.0 Å². The van der Waals surface area contributed by atoms with Crippen LogP contribution in [0.4, 0.5) is 10.5 Å². The lowest BCUT2D eigenvalue weighted by atomic mass is 9.87. The second kappa shape index (κ2) is 8.02. The highest BCUT2D eigenvalue weighted by Gasteiger charge is 2.51. The Hall–Kier alpha value is -3.86. The molecule has 0 saturated carbocycles. The first kappa shape index (κ1) is 19.9. The Morgan fingerprint density at radius 3 is 2.59 bits per heavy atom. The number of methoxy groups -OCH3 is 1. The number of ether oxygens (including phenoxy) is 1. The van der Waals surface area contributed by atoms with Gasteiger partial charge in [-0.2, -0.15) is 5.26 Å². The van der Waals surface area contributed by atoms with Gasteiger partial charge in [0.25, 0.3) is 5.91 Å². The molecule has 1 aliphatic heterocycles. The molecule has 0 aliphatic carbocycles. The third-order valence-electron chi connectivity index (χ3n) is 4.87. The molecular formula is C21H20N4O4. The summed E-state index contributed by atoms with van der Waals surface area (Å²) < 4.78 is 5.14. The van der Waals surface area contributed by atoms with Gasteiger partial charge < -0.3 is 15.4 Å². The Morgan fingerprint density at radius 1 is 1.24 bits per heavy atom. The molecule has 2 aromatic carbocycles. The van der Waals surface area contributed by atoms with Crippen molar-refractivity contribution in [1.29, 1.82) is 5.26 Å². The predicted octanol–water partition coefficient (Wildman–Crippen LogP) is 2.36. The number of nitrogens with zero attached hydrogens (tertiary/aromatic N) is 2.